The number of benzene rings is 1. The van der Waals surface area contributed by atoms with Gasteiger partial charge in [-0.05, 0) is 31.0 Å². The van der Waals surface area contributed by atoms with Crippen LogP contribution in [0, 0.1) is 0 Å². The Kier molecular flexibility index (Phi) is 4.03. The van der Waals surface area contributed by atoms with Crippen molar-refractivity contribution in [1.82, 2.24) is 9.97 Å². The highest BCUT2D eigenvalue weighted by Gasteiger charge is 2.18. The molecule has 1 aromatic heterocycles. The lowest BCUT2D eigenvalue weighted by atomic mass is 10.3. The molecular formula is C14H19N3O2S. The monoisotopic (exact) mass is 293 g/mol. The molecule has 1 fully saturated rings. The van der Waals surface area contributed by atoms with Crippen molar-refractivity contribution in [1.29, 1.82) is 0 Å². The number of fused-ring (bicyclic) bond motifs is 1. The summed E-state index contributed by atoms with van der Waals surface area (Å²) in [5.74, 6) is 2.13. The lowest BCUT2D eigenvalue weighted by Gasteiger charge is -2.07. The molecule has 2 unspecified atom stereocenters. The predicted octanol–water partition coefficient (Wildman–Crippen LogP) is 1.62. The van der Waals surface area contributed by atoms with Crippen LogP contribution in [-0.2, 0) is 22.0 Å². The Hall–Kier alpha value is -1.40. The van der Waals surface area contributed by atoms with Gasteiger partial charge in [0.2, 0.25) is 0 Å². The smallest absolute Gasteiger partial charge is 0.108 e. The fourth-order valence-electron chi connectivity index (χ4n) is 2.48. The minimum atomic E-state index is -0.846. The van der Waals surface area contributed by atoms with Gasteiger partial charge in [-0.2, -0.15) is 0 Å². The lowest BCUT2D eigenvalue weighted by molar-refractivity contribution is 0.128. The number of ether oxygens (including phenoxy) is 1. The number of anilines is 1. The summed E-state index contributed by atoms with van der Waals surface area (Å²) in [7, 11) is -0.846. The van der Waals surface area contributed by atoms with Crippen LogP contribution >= 0.6 is 0 Å². The van der Waals surface area contributed by atoms with Crippen LogP contribution in [0.4, 0.5) is 5.69 Å². The zero-order valence-electron chi connectivity index (χ0n) is 11.3. The lowest BCUT2D eigenvalue weighted by Crippen LogP contribution is -2.18. The fraction of sp³-hybridized carbons (Fsp3) is 0.500. The number of hydrogen-bond donors (Lipinski definition) is 2. The highest BCUT2D eigenvalue weighted by molar-refractivity contribution is 7.85. The summed E-state index contributed by atoms with van der Waals surface area (Å²) in [5.41, 5.74) is 8.29. The Morgan fingerprint density at radius 1 is 1.50 bits per heavy atom. The van der Waals surface area contributed by atoms with Gasteiger partial charge in [0.25, 0.3) is 0 Å². The summed E-state index contributed by atoms with van der Waals surface area (Å²) in [6.45, 7) is 0.812. The summed E-state index contributed by atoms with van der Waals surface area (Å²) in [4.78, 5) is 7.71. The second-order valence-electron chi connectivity index (χ2n) is 5.16. The average molecular weight is 293 g/mol. The third kappa shape index (κ3) is 3.19. The van der Waals surface area contributed by atoms with Gasteiger partial charge in [-0.3, -0.25) is 4.21 Å². The number of aromatic nitrogens is 2. The summed E-state index contributed by atoms with van der Waals surface area (Å²) < 4.78 is 17.5. The first-order valence-electron chi connectivity index (χ1n) is 6.91. The van der Waals surface area contributed by atoms with E-state index in [0.717, 1.165) is 42.0 Å². The molecule has 3 N–H and O–H groups in total. The highest BCUT2D eigenvalue weighted by Crippen LogP contribution is 2.16. The van der Waals surface area contributed by atoms with Gasteiger partial charge in [-0.1, -0.05) is 0 Å². The molecule has 2 aromatic rings. The zero-order valence-corrected chi connectivity index (χ0v) is 12.1. The van der Waals surface area contributed by atoms with Gasteiger partial charge >= 0.3 is 0 Å². The molecule has 2 heterocycles. The van der Waals surface area contributed by atoms with Crippen LogP contribution in [0.3, 0.4) is 0 Å². The number of aryl methyl sites for hydroxylation is 1. The third-order valence-electron chi connectivity index (χ3n) is 3.52. The largest absolute Gasteiger partial charge is 0.399 e. The number of hydrogen-bond acceptors (Lipinski definition) is 4. The van der Waals surface area contributed by atoms with Crippen molar-refractivity contribution in [2.45, 2.75) is 25.4 Å². The number of nitrogens with zero attached hydrogens (tertiary/aromatic N) is 1. The van der Waals surface area contributed by atoms with Crippen LogP contribution in [0.15, 0.2) is 18.2 Å². The van der Waals surface area contributed by atoms with Crippen LogP contribution in [0.5, 0.6) is 0 Å². The average Bonchev–Trinajstić information content (AvgIpc) is 3.04. The molecule has 0 radical (unpaired) electrons. The predicted molar refractivity (Wildman–Crippen MR) is 81.1 cm³/mol. The van der Waals surface area contributed by atoms with Crippen molar-refractivity contribution < 1.29 is 8.95 Å². The first-order chi connectivity index (χ1) is 9.70. The topological polar surface area (TPSA) is 81.0 Å². The van der Waals surface area contributed by atoms with E-state index in [2.05, 4.69) is 9.97 Å². The molecule has 20 heavy (non-hydrogen) atoms. The SMILES string of the molecule is Nc1ccc2nc(CCS(=O)CC3CCCO3)[nH]c2c1. The van der Waals surface area contributed by atoms with Gasteiger partial charge in [0.1, 0.15) is 5.82 Å². The number of aromatic amines is 1. The Morgan fingerprint density at radius 2 is 2.40 bits per heavy atom. The Labute approximate surface area is 120 Å². The van der Waals surface area contributed by atoms with E-state index in [0.29, 0.717) is 17.9 Å². The van der Waals surface area contributed by atoms with E-state index in [9.17, 15) is 4.21 Å². The van der Waals surface area contributed by atoms with Crippen LogP contribution in [0.1, 0.15) is 18.7 Å². The van der Waals surface area contributed by atoms with E-state index >= 15 is 0 Å². The van der Waals surface area contributed by atoms with E-state index < -0.39 is 10.8 Å². The van der Waals surface area contributed by atoms with Crippen molar-refractivity contribution in [2.24, 2.45) is 0 Å². The molecule has 0 bridgehead atoms. The molecule has 6 heteroatoms. The normalized spacial score (nSPS) is 20.5. The van der Waals surface area contributed by atoms with Crippen molar-refractivity contribution in [3.63, 3.8) is 0 Å². The van der Waals surface area contributed by atoms with Crippen molar-refractivity contribution in [3.05, 3.63) is 24.0 Å². The number of imidazole rings is 1. The van der Waals surface area contributed by atoms with E-state index in [1.807, 2.05) is 18.2 Å². The number of H-pyrrole nitrogens is 1. The van der Waals surface area contributed by atoms with Crippen molar-refractivity contribution >= 4 is 27.5 Å². The van der Waals surface area contributed by atoms with Crippen LogP contribution in [-0.4, -0.2) is 38.4 Å². The second kappa shape index (κ2) is 5.93. The Morgan fingerprint density at radius 3 is 3.20 bits per heavy atom. The van der Waals surface area contributed by atoms with E-state index in [-0.39, 0.29) is 6.10 Å². The Bertz CT molecular complexity index is 620. The molecular weight excluding hydrogens is 274 g/mol. The molecule has 1 aromatic carbocycles. The molecule has 0 aliphatic carbocycles. The first-order valence-corrected chi connectivity index (χ1v) is 8.40. The van der Waals surface area contributed by atoms with Gasteiger partial charge < -0.3 is 15.5 Å². The number of rotatable bonds is 5. The summed E-state index contributed by atoms with van der Waals surface area (Å²) in [5, 5.41) is 0. The van der Waals surface area contributed by atoms with Gasteiger partial charge in [0.05, 0.1) is 17.1 Å². The number of nitrogens with one attached hydrogen (secondary N) is 1. The number of nitrogen functional groups attached to an aromatic ring is 1. The number of nitrogens with two attached hydrogens (primary N) is 1. The fourth-order valence-corrected chi connectivity index (χ4v) is 3.74. The standard InChI is InChI=1S/C14H19N3O2S/c15-10-3-4-12-13(8-10)17-14(16-12)5-7-20(18)9-11-2-1-6-19-11/h3-4,8,11H,1-2,5-7,9,15H2,(H,16,17). The summed E-state index contributed by atoms with van der Waals surface area (Å²) in [6, 6.07) is 5.60. The van der Waals surface area contributed by atoms with Crippen LogP contribution in [0.25, 0.3) is 11.0 Å². The van der Waals surface area contributed by atoms with Gasteiger partial charge in [-0.15, -0.1) is 0 Å². The minimum Gasteiger partial charge on any atom is -0.399 e. The van der Waals surface area contributed by atoms with Crippen molar-refractivity contribution in [3.8, 4) is 0 Å². The molecule has 1 aliphatic heterocycles. The van der Waals surface area contributed by atoms with Gasteiger partial charge in [-0.25, -0.2) is 4.98 Å². The molecule has 1 aliphatic rings. The van der Waals surface area contributed by atoms with Gasteiger partial charge in [0.15, 0.2) is 0 Å². The van der Waals surface area contributed by atoms with Crippen molar-refractivity contribution in [2.75, 3.05) is 23.8 Å². The van der Waals surface area contributed by atoms with E-state index in [4.69, 9.17) is 10.5 Å². The quantitative estimate of drug-likeness (QED) is 0.821. The molecule has 1 saturated heterocycles. The molecule has 3 rings (SSSR count). The molecule has 5 nitrogen and oxygen atoms in total. The maximum Gasteiger partial charge on any atom is 0.108 e. The van der Waals surface area contributed by atoms with Crippen LogP contribution in [0.2, 0.25) is 0 Å². The van der Waals surface area contributed by atoms with Crippen LogP contribution < -0.4 is 5.73 Å². The first kappa shape index (κ1) is 13.6. The highest BCUT2D eigenvalue weighted by atomic mass is 32.2. The molecule has 0 amide bonds. The molecule has 0 saturated carbocycles. The molecule has 2 atom stereocenters. The third-order valence-corrected chi connectivity index (χ3v) is 4.92. The zero-order chi connectivity index (χ0) is 13.9. The van der Waals surface area contributed by atoms with E-state index in [1.165, 1.54) is 0 Å². The summed E-state index contributed by atoms with van der Waals surface area (Å²) >= 11 is 0. The Balaban J connectivity index is 1.57. The summed E-state index contributed by atoms with van der Waals surface area (Å²) in [6.07, 6.45) is 3.00. The molecule has 108 valence electrons. The maximum atomic E-state index is 12.0. The van der Waals surface area contributed by atoms with Gasteiger partial charge in [0, 0.05) is 41.0 Å². The maximum absolute atomic E-state index is 12.0. The minimum absolute atomic E-state index is 0.186. The van der Waals surface area contributed by atoms with E-state index in [1.54, 1.807) is 0 Å². The second-order valence-corrected chi connectivity index (χ2v) is 6.78. The molecule has 0 spiro atoms.